The van der Waals surface area contributed by atoms with Crippen LogP contribution in [0.1, 0.15) is 31.4 Å². The SMILES string of the molecule is FC(F)Cn1ncc2ncc(N3CCC4(CC3)CC(COc3ccc(C(F)(F)F)nc3)C4)nc21. The maximum absolute atomic E-state index is 12.8. The van der Waals surface area contributed by atoms with Gasteiger partial charge in [-0.3, -0.25) is 0 Å². The largest absolute Gasteiger partial charge is 0.492 e. The number of pyridine rings is 1. The van der Waals surface area contributed by atoms with E-state index in [0.29, 0.717) is 35.3 Å². The van der Waals surface area contributed by atoms with E-state index in [-0.39, 0.29) is 5.41 Å². The van der Waals surface area contributed by atoms with Crippen molar-refractivity contribution < 1.29 is 26.7 Å². The van der Waals surface area contributed by atoms with Crippen molar-refractivity contribution in [1.29, 1.82) is 0 Å². The normalized spacial score (nSPS) is 18.6. The minimum Gasteiger partial charge on any atom is -0.492 e. The molecule has 1 aliphatic heterocycles. The standard InChI is InChI=1S/C22H23F5N6O/c23-18(24)12-33-20-16(10-30-33)28-11-19(31-20)32-5-3-21(4-6-32)7-14(8-21)13-34-15-1-2-17(29-9-15)22(25,26)27/h1-2,9-11,14,18H,3-8,12-13H2. The lowest BCUT2D eigenvalue weighted by Gasteiger charge is -2.52. The molecular weight excluding hydrogens is 459 g/mol. The van der Waals surface area contributed by atoms with Crippen LogP contribution >= 0.6 is 0 Å². The number of aromatic nitrogens is 5. The van der Waals surface area contributed by atoms with Gasteiger partial charge < -0.3 is 9.64 Å². The number of halogens is 5. The van der Waals surface area contributed by atoms with E-state index >= 15 is 0 Å². The molecule has 182 valence electrons. The van der Waals surface area contributed by atoms with Gasteiger partial charge in [-0.1, -0.05) is 0 Å². The van der Waals surface area contributed by atoms with Crippen LogP contribution in [0, 0.1) is 11.3 Å². The van der Waals surface area contributed by atoms with Crippen molar-refractivity contribution in [2.75, 3.05) is 24.6 Å². The minimum atomic E-state index is -4.46. The molecule has 3 aromatic rings. The van der Waals surface area contributed by atoms with Crippen LogP contribution in [0.25, 0.3) is 11.2 Å². The van der Waals surface area contributed by atoms with Gasteiger partial charge in [-0.2, -0.15) is 18.3 Å². The van der Waals surface area contributed by atoms with Gasteiger partial charge in [0.2, 0.25) is 0 Å². The fourth-order valence-corrected chi connectivity index (χ4v) is 5.01. The van der Waals surface area contributed by atoms with Crippen LogP contribution in [-0.4, -0.2) is 50.9 Å². The third-order valence-electron chi connectivity index (χ3n) is 6.75. The summed E-state index contributed by atoms with van der Waals surface area (Å²) < 4.78 is 70.2. The van der Waals surface area contributed by atoms with Crippen molar-refractivity contribution in [2.45, 2.75) is 44.8 Å². The first kappa shape index (κ1) is 22.7. The third kappa shape index (κ3) is 4.62. The van der Waals surface area contributed by atoms with Crippen molar-refractivity contribution in [3.63, 3.8) is 0 Å². The summed E-state index contributed by atoms with van der Waals surface area (Å²) in [7, 11) is 0. The average Bonchev–Trinajstić information content (AvgIpc) is 3.17. The van der Waals surface area contributed by atoms with Gasteiger partial charge in [0.25, 0.3) is 6.43 Å². The number of hydrogen-bond donors (Lipinski definition) is 0. The number of nitrogens with zero attached hydrogens (tertiary/aromatic N) is 6. The van der Waals surface area contributed by atoms with E-state index < -0.39 is 24.8 Å². The maximum Gasteiger partial charge on any atom is 0.433 e. The molecule has 5 rings (SSSR count). The van der Waals surface area contributed by atoms with Gasteiger partial charge in [-0.25, -0.2) is 28.4 Å². The Balaban J connectivity index is 1.12. The summed E-state index contributed by atoms with van der Waals surface area (Å²) in [5, 5.41) is 3.96. The Kier molecular flexibility index (Phi) is 5.76. The molecule has 0 unspecified atom stereocenters. The second-order valence-electron chi connectivity index (χ2n) is 9.10. The van der Waals surface area contributed by atoms with Crippen LogP contribution in [0.3, 0.4) is 0 Å². The second-order valence-corrected chi connectivity index (χ2v) is 9.10. The van der Waals surface area contributed by atoms with Crippen LogP contribution in [0.15, 0.2) is 30.7 Å². The monoisotopic (exact) mass is 482 g/mol. The number of piperidine rings is 1. The zero-order chi connectivity index (χ0) is 23.9. The lowest BCUT2D eigenvalue weighted by atomic mass is 9.58. The lowest BCUT2D eigenvalue weighted by molar-refractivity contribution is -0.141. The summed E-state index contributed by atoms with van der Waals surface area (Å²) in [6.45, 7) is 1.52. The Morgan fingerprint density at radius 2 is 1.82 bits per heavy atom. The summed E-state index contributed by atoms with van der Waals surface area (Å²) in [6, 6.07) is 2.22. The second kappa shape index (κ2) is 8.62. The lowest BCUT2D eigenvalue weighted by Crippen LogP contribution is -2.48. The van der Waals surface area contributed by atoms with Gasteiger partial charge in [0, 0.05) is 13.1 Å². The van der Waals surface area contributed by atoms with E-state index in [9.17, 15) is 22.0 Å². The summed E-state index contributed by atoms with van der Waals surface area (Å²) in [6.07, 6.45) is 1.18. The number of rotatable bonds is 6. The number of hydrogen-bond acceptors (Lipinski definition) is 6. The third-order valence-corrected chi connectivity index (χ3v) is 6.75. The smallest absolute Gasteiger partial charge is 0.433 e. The maximum atomic E-state index is 12.8. The van der Waals surface area contributed by atoms with Crippen molar-refractivity contribution in [2.24, 2.45) is 11.3 Å². The number of anilines is 1. The quantitative estimate of drug-likeness (QED) is 0.479. The zero-order valence-corrected chi connectivity index (χ0v) is 18.2. The van der Waals surface area contributed by atoms with Gasteiger partial charge in [-0.05, 0) is 49.1 Å². The van der Waals surface area contributed by atoms with E-state index in [1.807, 2.05) is 0 Å². The highest BCUT2D eigenvalue weighted by molar-refractivity contribution is 5.71. The van der Waals surface area contributed by atoms with Crippen LogP contribution < -0.4 is 9.64 Å². The summed E-state index contributed by atoms with van der Waals surface area (Å²) in [4.78, 5) is 14.4. The Hall–Kier alpha value is -3.05. The molecule has 34 heavy (non-hydrogen) atoms. The van der Waals surface area contributed by atoms with Crippen LogP contribution in [0.2, 0.25) is 0 Å². The Morgan fingerprint density at radius 3 is 2.47 bits per heavy atom. The molecule has 0 aromatic carbocycles. The van der Waals surface area contributed by atoms with Crippen molar-refractivity contribution in [3.8, 4) is 5.75 Å². The van der Waals surface area contributed by atoms with E-state index in [1.54, 1.807) is 6.20 Å². The summed E-state index contributed by atoms with van der Waals surface area (Å²) >= 11 is 0. The molecule has 2 fully saturated rings. The molecule has 1 saturated heterocycles. The molecule has 0 bridgehead atoms. The van der Waals surface area contributed by atoms with Gasteiger partial charge in [0.15, 0.2) is 5.65 Å². The average molecular weight is 482 g/mol. The predicted molar refractivity (Wildman–Crippen MR) is 113 cm³/mol. The van der Waals surface area contributed by atoms with E-state index in [2.05, 4.69) is 25.0 Å². The first-order valence-electron chi connectivity index (χ1n) is 11.1. The van der Waals surface area contributed by atoms with Crippen LogP contribution in [0.4, 0.5) is 27.8 Å². The van der Waals surface area contributed by atoms with Crippen molar-refractivity contribution in [1.82, 2.24) is 24.7 Å². The molecule has 0 amide bonds. The highest BCUT2D eigenvalue weighted by atomic mass is 19.4. The molecule has 2 aliphatic rings. The first-order chi connectivity index (χ1) is 16.2. The zero-order valence-electron chi connectivity index (χ0n) is 18.2. The summed E-state index contributed by atoms with van der Waals surface area (Å²) in [5.41, 5.74) is 0.147. The molecule has 4 heterocycles. The topological polar surface area (TPSA) is 69.0 Å². The molecule has 0 N–H and O–H groups in total. The minimum absolute atomic E-state index is 0.234. The van der Waals surface area contributed by atoms with Gasteiger partial charge in [-0.15, -0.1) is 0 Å². The summed E-state index contributed by atoms with van der Waals surface area (Å²) in [5.74, 6) is 1.35. The molecule has 7 nitrogen and oxygen atoms in total. The predicted octanol–water partition coefficient (Wildman–Crippen LogP) is 4.58. The molecule has 0 atom stereocenters. The van der Waals surface area contributed by atoms with Gasteiger partial charge >= 0.3 is 6.18 Å². The molecule has 1 spiro atoms. The Bertz CT molecular complexity index is 1130. The van der Waals surface area contributed by atoms with Crippen LogP contribution in [0.5, 0.6) is 5.75 Å². The Morgan fingerprint density at radius 1 is 1.06 bits per heavy atom. The number of fused-ring (bicyclic) bond motifs is 1. The molecule has 0 radical (unpaired) electrons. The van der Waals surface area contributed by atoms with E-state index in [4.69, 9.17) is 4.74 Å². The Labute approximate surface area is 192 Å². The fourth-order valence-electron chi connectivity index (χ4n) is 5.01. The van der Waals surface area contributed by atoms with E-state index in [0.717, 1.165) is 51.0 Å². The molecule has 1 saturated carbocycles. The number of ether oxygens (including phenoxy) is 1. The molecule has 3 aromatic heterocycles. The molecule has 12 heteroatoms. The highest BCUT2D eigenvalue weighted by Crippen LogP contribution is 2.52. The fraction of sp³-hybridized carbons (Fsp3) is 0.545. The van der Waals surface area contributed by atoms with Gasteiger partial charge in [0.05, 0.1) is 25.2 Å². The van der Waals surface area contributed by atoms with Crippen LogP contribution in [-0.2, 0) is 12.7 Å². The molecular formula is C22H23F5N6O. The van der Waals surface area contributed by atoms with Crippen molar-refractivity contribution in [3.05, 3.63) is 36.4 Å². The van der Waals surface area contributed by atoms with Crippen molar-refractivity contribution >= 4 is 17.0 Å². The highest BCUT2D eigenvalue weighted by Gasteiger charge is 2.46. The van der Waals surface area contributed by atoms with E-state index in [1.165, 1.54) is 16.9 Å². The van der Waals surface area contributed by atoms with Gasteiger partial charge in [0.1, 0.15) is 29.3 Å². The number of alkyl halides is 5. The molecule has 1 aliphatic carbocycles. The first-order valence-corrected chi connectivity index (χ1v) is 11.1.